The number of ether oxygens (including phenoxy) is 3. The summed E-state index contributed by atoms with van der Waals surface area (Å²) in [5.74, 6) is -0.562. The van der Waals surface area contributed by atoms with Gasteiger partial charge in [0.2, 0.25) is 0 Å². The minimum absolute atomic E-state index is 0.152. The van der Waals surface area contributed by atoms with E-state index in [9.17, 15) is 9.59 Å². The number of carbonyl (C=O) groups excluding carboxylic acids is 2. The maximum absolute atomic E-state index is 12.6. The Balaban J connectivity index is 1.38. The van der Waals surface area contributed by atoms with Gasteiger partial charge in [-0.3, -0.25) is 9.69 Å². The van der Waals surface area contributed by atoms with Crippen LogP contribution < -0.4 is 0 Å². The molecule has 142 valence electrons. The lowest BCUT2D eigenvalue weighted by molar-refractivity contribution is -0.185. The van der Waals surface area contributed by atoms with Crippen molar-refractivity contribution < 1.29 is 23.8 Å². The topological polar surface area (TPSA) is 65.1 Å². The van der Waals surface area contributed by atoms with Crippen LogP contribution >= 0.6 is 11.3 Å². The molecule has 3 aliphatic rings. The summed E-state index contributed by atoms with van der Waals surface area (Å²) in [6.07, 6.45) is 4.93. The Kier molecular flexibility index (Phi) is 5.14. The number of hydrogen-bond acceptors (Lipinski definition) is 7. The highest BCUT2D eigenvalue weighted by molar-refractivity contribution is 7.12. The van der Waals surface area contributed by atoms with Crippen molar-refractivity contribution in [2.45, 2.75) is 44.3 Å². The van der Waals surface area contributed by atoms with Crippen LogP contribution in [0.2, 0.25) is 0 Å². The standard InChI is InChI=1S/C19H25NO5S/c1-23-18(22)17-14-3-2-4-15(14)26-16(17)11-13(21)12-20-7-5-19(6-8-20)24-9-10-25-19/h2-12H2,1H3. The molecule has 0 bridgehead atoms. The molecule has 0 atom stereocenters. The number of ketones is 1. The highest BCUT2D eigenvalue weighted by Crippen LogP contribution is 2.36. The molecule has 0 aromatic carbocycles. The second-order valence-electron chi connectivity index (χ2n) is 7.25. The van der Waals surface area contributed by atoms with E-state index in [1.807, 2.05) is 0 Å². The molecule has 0 amide bonds. The molecule has 7 heteroatoms. The van der Waals surface area contributed by atoms with Gasteiger partial charge in [0.05, 0.1) is 32.4 Å². The van der Waals surface area contributed by atoms with Gasteiger partial charge in [-0.15, -0.1) is 11.3 Å². The molecule has 1 aromatic heterocycles. The number of likely N-dealkylation sites (tertiary alicyclic amines) is 1. The predicted octanol–water partition coefficient (Wildman–Crippen LogP) is 1.97. The van der Waals surface area contributed by atoms with Crippen LogP contribution in [0.3, 0.4) is 0 Å². The van der Waals surface area contributed by atoms with E-state index in [4.69, 9.17) is 14.2 Å². The van der Waals surface area contributed by atoms with E-state index in [0.29, 0.717) is 31.7 Å². The molecule has 2 saturated heterocycles. The van der Waals surface area contributed by atoms with Gasteiger partial charge in [-0.25, -0.2) is 4.79 Å². The van der Waals surface area contributed by atoms with Crippen LogP contribution in [-0.4, -0.2) is 62.4 Å². The number of aryl methyl sites for hydroxylation is 1. The molecule has 0 N–H and O–H groups in total. The van der Waals surface area contributed by atoms with E-state index < -0.39 is 5.79 Å². The van der Waals surface area contributed by atoms with Crippen molar-refractivity contribution in [3.63, 3.8) is 0 Å². The maximum Gasteiger partial charge on any atom is 0.339 e. The summed E-state index contributed by atoms with van der Waals surface area (Å²) < 4.78 is 16.4. The second kappa shape index (κ2) is 7.38. The van der Waals surface area contributed by atoms with E-state index in [0.717, 1.165) is 55.6 Å². The molecule has 26 heavy (non-hydrogen) atoms. The smallest absolute Gasteiger partial charge is 0.339 e. The number of fused-ring (bicyclic) bond motifs is 1. The fraction of sp³-hybridized carbons (Fsp3) is 0.684. The molecular weight excluding hydrogens is 354 g/mol. The summed E-state index contributed by atoms with van der Waals surface area (Å²) in [7, 11) is 1.41. The van der Waals surface area contributed by atoms with Crippen LogP contribution in [0.15, 0.2) is 0 Å². The van der Waals surface area contributed by atoms with Crippen LogP contribution in [0.5, 0.6) is 0 Å². The van der Waals surface area contributed by atoms with Crippen LogP contribution in [0.25, 0.3) is 0 Å². The van der Waals surface area contributed by atoms with Crippen LogP contribution in [0.4, 0.5) is 0 Å². The molecule has 3 heterocycles. The Morgan fingerprint density at radius 2 is 1.92 bits per heavy atom. The van der Waals surface area contributed by atoms with Gasteiger partial charge in [0.15, 0.2) is 11.6 Å². The second-order valence-corrected chi connectivity index (χ2v) is 8.44. The Hall–Kier alpha value is -1.28. The highest BCUT2D eigenvalue weighted by atomic mass is 32.1. The summed E-state index contributed by atoms with van der Waals surface area (Å²) in [6, 6.07) is 0. The van der Waals surface area contributed by atoms with E-state index in [-0.39, 0.29) is 11.8 Å². The third-order valence-corrected chi connectivity index (χ3v) is 6.86. The number of piperidine rings is 1. The highest BCUT2D eigenvalue weighted by Gasteiger charge is 2.40. The first kappa shape index (κ1) is 18.1. The zero-order valence-electron chi connectivity index (χ0n) is 15.2. The van der Waals surface area contributed by atoms with Gasteiger partial charge >= 0.3 is 5.97 Å². The van der Waals surface area contributed by atoms with E-state index >= 15 is 0 Å². The Labute approximate surface area is 157 Å². The monoisotopic (exact) mass is 379 g/mol. The van der Waals surface area contributed by atoms with Crippen molar-refractivity contribution in [2.75, 3.05) is 40.0 Å². The fourth-order valence-corrected chi connectivity index (χ4v) is 5.66. The third kappa shape index (κ3) is 3.45. The van der Waals surface area contributed by atoms with Gasteiger partial charge in [0.25, 0.3) is 0 Å². The summed E-state index contributed by atoms with van der Waals surface area (Å²) in [4.78, 5) is 29.1. The van der Waals surface area contributed by atoms with E-state index in [1.165, 1.54) is 12.0 Å². The van der Waals surface area contributed by atoms with E-state index in [1.54, 1.807) is 11.3 Å². The third-order valence-electron chi connectivity index (χ3n) is 5.57. The Morgan fingerprint density at radius 3 is 2.62 bits per heavy atom. The quantitative estimate of drug-likeness (QED) is 0.729. The van der Waals surface area contributed by atoms with E-state index in [2.05, 4.69) is 4.90 Å². The summed E-state index contributed by atoms with van der Waals surface area (Å²) in [5, 5.41) is 0. The Morgan fingerprint density at radius 1 is 1.19 bits per heavy atom. The minimum Gasteiger partial charge on any atom is -0.465 e. The molecule has 0 saturated carbocycles. The average molecular weight is 379 g/mol. The number of thiophene rings is 1. The first-order valence-electron chi connectivity index (χ1n) is 9.34. The Bertz CT molecular complexity index is 697. The molecule has 1 spiro atoms. The van der Waals surface area contributed by atoms with Crippen molar-refractivity contribution >= 4 is 23.1 Å². The zero-order valence-corrected chi connectivity index (χ0v) is 16.0. The minimum atomic E-state index is -0.411. The first-order valence-corrected chi connectivity index (χ1v) is 10.2. The first-order chi connectivity index (χ1) is 12.6. The molecule has 2 fully saturated rings. The number of methoxy groups -OCH3 is 1. The van der Waals surface area contributed by atoms with Gasteiger partial charge in [-0.2, -0.15) is 0 Å². The van der Waals surface area contributed by atoms with Gasteiger partial charge in [0, 0.05) is 42.1 Å². The van der Waals surface area contributed by atoms with Gasteiger partial charge in [0.1, 0.15) is 0 Å². The van der Waals surface area contributed by atoms with Crippen LogP contribution in [-0.2, 0) is 38.3 Å². The van der Waals surface area contributed by atoms with Crippen molar-refractivity contribution in [1.29, 1.82) is 0 Å². The predicted molar refractivity (Wildman–Crippen MR) is 96.7 cm³/mol. The van der Waals surface area contributed by atoms with Crippen molar-refractivity contribution in [2.24, 2.45) is 0 Å². The molecule has 4 rings (SSSR count). The van der Waals surface area contributed by atoms with Crippen molar-refractivity contribution in [3.8, 4) is 0 Å². The maximum atomic E-state index is 12.6. The average Bonchev–Trinajstić information content (AvgIpc) is 3.33. The largest absolute Gasteiger partial charge is 0.465 e. The number of rotatable bonds is 5. The molecular formula is C19H25NO5S. The lowest BCUT2D eigenvalue weighted by Crippen LogP contribution is -2.46. The van der Waals surface area contributed by atoms with Gasteiger partial charge in [-0.05, 0) is 24.8 Å². The summed E-state index contributed by atoms with van der Waals surface area (Å²) >= 11 is 1.62. The number of carbonyl (C=O) groups is 2. The lowest BCUT2D eigenvalue weighted by atomic mass is 10.0. The van der Waals surface area contributed by atoms with Gasteiger partial charge < -0.3 is 14.2 Å². The van der Waals surface area contributed by atoms with Crippen molar-refractivity contribution in [1.82, 2.24) is 4.90 Å². The molecule has 6 nitrogen and oxygen atoms in total. The fourth-order valence-electron chi connectivity index (χ4n) is 4.25. The molecule has 0 unspecified atom stereocenters. The number of nitrogens with zero attached hydrogens (tertiary/aromatic N) is 1. The van der Waals surface area contributed by atoms with Crippen LogP contribution in [0.1, 0.15) is 44.9 Å². The molecule has 2 aliphatic heterocycles. The van der Waals surface area contributed by atoms with Gasteiger partial charge in [-0.1, -0.05) is 0 Å². The molecule has 1 aromatic rings. The zero-order chi connectivity index (χ0) is 18.1. The number of esters is 1. The van der Waals surface area contributed by atoms with Crippen LogP contribution in [0, 0.1) is 0 Å². The summed E-state index contributed by atoms with van der Waals surface area (Å²) in [5.41, 5.74) is 1.77. The normalized spacial score (nSPS) is 21.9. The molecule has 0 radical (unpaired) electrons. The lowest BCUT2D eigenvalue weighted by Gasteiger charge is -2.37. The SMILES string of the molecule is COC(=O)c1c(CC(=O)CN2CCC3(CC2)OCCO3)sc2c1CCC2. The number of Topliss-reactive ketones (excluding diaryl/α,β-unsaturated/α-hetero) is 1. The summed E-state index contributed by atoms with van der Waals surface area (Å²) in [6.45, 7) is 3.35. The van der Waals surface area contributed by atoms with Crippen molar-refractivity contribution in [3.05, 3.63) is 20.9 Å². The number of hydrogen-bond donors (Lipinski definition) is 0. The molecule has 1 aliphatic carbocycles.